The largest absolute Gasteiger partial charge is 0.334 e. The van der Waals surface area contributed by atoms with E-state index in [1.807, 2.05) is 12.3 Å². The van der Waals surface area contributed by atoms with Crippen molar-refractivity contribution in [1.82, 2.24) is 9.55 Å². The van der Waals surface area contributed by atoms with Gasteiger partial charge in [-0.1, -0.05) is 19.1 Å². The van der Waals surface area contributed by atoms with Crippen LogP contribution < -0.4 is 0 Å². The molecule has 2 aromatic rings. The number of fused-ring (bicyclic) bond motifs is 1. The highest BCUT2D eigenvalue weighted by molar-refractivity contribution is 5.59. The number of aryl methyl sites for hydroxylation is 1. The Morgan fingerprint density at radius 2 is 2.18 bits per heavy atom. The van der Waals surface area contributed by atoms with E-state index in [0.29, 0.717) is 11.5 Å². The van der Waals surface area contributed by atoms with Gasteiger partial charge in [0.25, 0.3) is 0 Å². The number of imidazole rings is 1. The van der Waals surface area contributed by atoms with Gasteiger partial charge >= 0.3 is 0 Å². The molecule has 1 aromatic heterocycles. The smallest absolute Gasteiger partial charge is 0.132 e. The van der Waals surface area contributed by atoms with Crippen molar-refractivity contribution in [2.24, 2.45) is 5.92 Å². The third-order valence-corrected chi connectivity index (χ3v) is 3.38. The molecular weight excluding hydrogens is 215 g/mol. The Morgan fingerprint density at radius 1 is 1.35 bits per heavy atom. The van der Waals surface area contributed by atoms with Crippen LogP contribution in [0.3, 0.4) is 0 Å². The van der Waals surface area contributed by atoms with Gasteiger partial charge in [0.1, 0.15) is 11.6 Å². The lowest BCUT2D eigenvalue weighted by atomic mass is 10.0. The van der Waals surface area contributed by atoms with E-state index in [0.717, 1.165) is 24.5 Å². The molecule has 1 aromatic carbocycles. The minimum absolute atomic E-state index is 0.198. The van der Waals surface area contributed by atoms with Gasteiger partial charge in [0.05, 0.1) is 5.69 Å². The molecule has 0 N–H and O–H groups in total. The molecule has 0 amide bonds. The standard InChI is InChI=1S/C14H15FN2/c1-10-6-7-14-16-13(9-17(14)8-10)11-4-2-3-5-12(11)15/h2-5,9-10H,6-8H2,1H3/t10-/m1/s1. The van der Waals surface area contributed by atoms with Crippen molar-refractivity contribution in [3.63, 3.8) is 0 Å². The number of rotatable bonds is 1. The summed E-state index contributed by atoms with van der Waals surface area (Å²) in [4.78, 5) is 4.54. The lowest BCUT2D eigenvalue weighted by Crippen LogP contribution is -2.17. The first-order valence-corrected chi connectivity index (χ1v) is 6.05. The Bertz CT molecular complexity index is 545. The number of aromatic nitrogens is 2. The van der Waals surface area contributed by atoms with Crippen LogP contribution in [-0.2, 0) is 13.0 Å². The van der Waals surface area contributed by atoms with Crippen molar-refractivity contribution < 1.29 is 4.39 Å². The van der Waals surface area contributed by atoms with E-state index >= 15 is 0 Å². The monoisotopic (exact) mass is 230 g/mol. The van der Waals surface area contributed by atoms with Crippen LogP contribution in [0.25, 0.3) is 11.3 Å². The van der Waals surface area contributed by atoms with Crippen LogP contribution in [0.15, 0.2) is 30.5 Å². The first kappa shape index (κ1) is 10.5. The molecule has 0 spiro atoms. The normalized spacial score (nSPS) is 19.1. The molecule has 0 radical (unpaired) electrons. The molecule has 0 fully saturated rings. The third-order valence-electron chi connectivity index (χ3n) is 3.38. The average Bonchev–Trinajstić information content (AvgIpc) is 2.72. The summed E-state index contributed by atoms with van der Waals surface area (Å²) in [6.07, 6.45) is 4.15. The highest BCUT2D eigenvalue weighted by atomic mass is 19.1. The van der Waals surface area contributed by atoms with E-state index in [-0.39, 0.29) is 5.82 Å². The fraction of sp³-hybridized carbons (Fsp3) is 0.357. The predicted octanol–water partition coefficient (Wildman–Crippen LogP) is 3.27. The van der Waals surface area contributed by atoms with Crippen LogP contribution >= 0.6 is 0 Å². The predicted molar refractivity (Wildman–Crippen MR) is 65.1 cm³/mol. The topological polar surface area (TPSA) is 17.8 Å². The quantitative estimate of drug-likeness (QED) is 0.735. The maximum Gasteiger partial charge on any atom is 0.132 e. The molecule has 0 saturated carbocycles. The van der Waals surface area contributed by atoms with Crippen LogP contribution in [0, 0.1) is 11.7 Å². The molecule has 17 heavy (non-hydrogen) atoms. The van der Waals surface area contributed by atoms with Crippen molar-refractivity contribution in [1.29, 1.82) is 0 Å². The molecule has 3 rings (SSSR count). The van der Waals surface area contributed by atoms with Gasteiger partial charge in [0.15, 0.2) is 0 Å². The summed E-state index contributed by atoms with van der Waals surface area (Å²) in [6, 6.07) is 6.82. The average molecular weight is 230 g/mol. The van der Waals surface area contributed by atoms with Crippen LogP contribution in [-0.4, -0.2) is 9.55 Å². The van der Waals surface area contributed by atoms with Crippen molar-refractivity contribution in [3.8, 4) is 11.3 Å². The SMILES string of the molecule is C[C@@H]1CCc2nc(-c3ccccc3F)cn2C1. The Kier molecular flexibility index (Phi) is 2.46. The summed E-state index contributed by atoms with van der Waals surface area (Å²) in [5.74, 6) is 1.57. The van der Waals surface area contributed by atoms with Crippen LogP contribution in [0.4, 0.5) is 4.39 Å². The summed E-state index contributed by atoms with van der Waals surface area (Å²) < 4.78 is 15.8. The maximum absolute atomic E-state index is 13.7. The molecular formula is C14H15FN2. The van der Waals surface area contributed by atoms with Gasteiger partial charge in [-0.15, -0.1) is 0 Å². The zero-order valence-corrected chi connectivity index (χ0v) is 9.86. The fourth-order valence-electron chi connectivity index (χ4n) is 2.41. The lowest BCUT2D eigenvalue weighted by molar-refractivity contribution is 0.394. The first-order valence-electron chi connectivity index (χ1n) is 6.05. The summed E-state index contributed by atoms with van der Waals surface area (Å²) in [5, 5.41) is 0. The van der Waals surface area contributed by atoms with Crippen LogP contribution in [0.1, 0.15) is 19.2 Å². The second kappa shape index (κ2) is 3.99. The molecule has 88 valence electrons. The molecule has 0 saturated heterocycles. The van der Waals surface area contributed by atoms with Gasteiger partial charge in [0.2, 0.25) is 0 Å². The molecule has 2 nitrogen and oxygen atoms in total. The molecule has 3 heteroatoms. The summed E-state index contributed by atoms with van der Waals surface area (Å²) >= 11 is 0. The molecule has 2 heterocycles. The Labute approximate surface area is 100 Å². The first-order chi connectivity index (χ1) is 8.24. The second-order valence-electron chi connectivity index (χ2n) is 4.82. The maximum atomic E-state index is 13.7. The van der Waals surface area contributed by atoms with Crippen molar-refractivity contribution in [2.45, 2.75) is 26.3 Å². The van der Waals surface area contributed by atoms with E-state index in [1.54, 1.807) is 12.1 Å². The summed E-state index contributed by atoms with van der Waals surface area (Å²) in [5.41, 5.74) is 1.36. The number of nitrogens with zero attached hydrogens (tertiary/aromatic N) is 2. The zero-order chi connectivity index (χ0) is 11.8. The Morgan fingerprint density at radius 3 is 3.00 bits per heavy atom. The summed E-state index contributed by atoms with van der Waals surface area (Å²) in [7, 11) is 0. The van der Waals surface area contributed by atoms with Gasteiger partial charge < -0.3 is 4.57 Å². The Hall–Kier alpha value is -1.64. The number of halogens is 1. The van der Waals surface area contributed by atoms with E-state index in [2.05, 4.69) is 16.5 Å². The molecule has 0 bridgehead atoms. The van der Waals surface area contributed by atoms with E-state index in [9.17, 15) is 4.39 Å². The molecule has 0 aliphatic carbocycles. The van der Waals surface area contributed by atoms with E-state index in [1.165, 1.54) is 12.5 Å². The molecule has 0 unspecified atom stereocenters. The Balaban J connectivity index is 2.03. The highest BCUT2D eigenvalue weighted by Gasteiger charge is 2.18. The minimum atomic E-state index is -0.198. The van der Waals surface area contributed by atoms with Crippen LogP contribution in [0.5, 0.6) is 0 Å². The van der Waals surface area contributed by atoms with Crippen LogP contribution in [0.2, 0.25) is 0 Å². The number of hydrogen-bond acceptors (Lipinski definition) is 1. The highest BCUT2D eigenvalue weighted by Crippen LogP contribution is 2.26. The third kappa shape index (κ3) is 1.86. The number of hydrogen-bond donors (Lipinski definition) is 0. The van der Waals surface area contributed by atoms with Gasteiger partial charge in [-0.25, -0.2) is 9.37 Å². The van der Waals surface area contributed by atoms with Gasteiger partial charge in [-0.3, -0.25) is 0 Å². The lowest BCUT2D eigenvalue weighted by Gasteiger charge is -2.19. The van der Waals surface area contributed by atoms with Gasteiger partial charge in [-0.05, 0) is 24.5 Å². The van der Waals surface area contributed by atoms with E-state index < -0.39 is 0 Å². The van der Waals surface area contributed by atoms with Gasteiger partial charge in [0, 0.05) is 24.7 Å². The van der Waals surface area contributed by atoms with Crippen molar-refractivity contribution in [2.75, 3.05) is 0 Å². The number of benzene rings is 1. The minimum Gasteiger partial charge on any atom is -0.334 e. The van der Waals surface area contributed by atoms with E-state index in [4.69, 9.17) is 0 Å². The van der Waals surface area contributed by atoms with Crippen molar-refractivity contribution >= 4 is 0 Å². The summed E-state index contributed by atoms with van der Waals surface area (Å²) in [6.45, 7) is 3.24. The second-order valence-corrected chi connectivity index (χ2v) is 4.82. The van der Waals surface area contributed by atoms with Crippen molar-refractivity contribution in [3.05, 3.63) is 42.1 Å². The van der Waals surface area contributed by atoms with Gasteiger partial charge in [-0.2, -0.15) is 0 Å². The molecule has 1 aliphatic heterocycles. The molecule has 1 aliphatic rings. The molecule has 1 atom stereocenters. The zero-order valence-electron chi connectivity index (χ0n) is 9.86. The fourth-order valence-corrected chi connectivity index (χ4v) is 2.41.